The van der Waals surface area contributed by atoms with E-state index in [4.69, 9.17) is 0 Å². The van der Waals surface area contributed by atoms with Crippen molar-refractivity contribution < 1.29 is 9.72 Å². The van der Waals surface area contributed by atoms with E-state index in [0.717, 1.165) is 10.0 Å². The van der Waals surface area contributed by atoms with E-state index in [1.807, 2.05) is 25.1 Å². The van der Waals surface area contributed by atoms with E-state index in [9.17, 15) is 14.9 Å². The van der Waals surface area contributed by atoms with Gasteiger partial charge in [-0.15, -0.1) is 0 Å². The van der Waals surface area contributed by atoms with Gasteiger partial charge < -0.3 is 10.6 Å². The molecule has 2 aromatic carbocycles. The molecule has 0 atom stereocenters. The number of anilines is 2. The van der Waals surface area contributed by atoms with Crippen LogP contribution < -0.4 is 10.6 Å². The first-order valence-electron chi connectivity index (χ1n) is 6.92. The van der Waals surface area contributed by atoms with Gasteiger partial charge >= 0.3 is 0 Å². The zero-order chi connectivity index (χ0) is 17.0. The van der Waals surface area contributed by atoms with Crippen LogP contribution in [0.25, 0.3) is 0 Å². The molecule has 6 nitrogen and oxygen atoms in total. The molecule has 1 amide bonds. The van der Waals surface area contributed by atoms with Crippen molar-refractivity contribution in [3.05, 3.63) is 62.1 Å². The predicted octanol–water partition coefficient (Wildman–Crippen LogP) is 4.02. The lowest BCUT2D eigenvalue weighted by atomic mass is 10.1. The third-order valence-corrected chi connectivity index (χ3v) is 4.00. The minimum Gasteiger partial charge on any atom is -0.376 e. The van der Waals surface area contributed by atoms with E-state index in [2.05, 4.69) is 26.6 Å². The molecule has 0 radical (unpaired) electrons. The maximum Gasteiger partial charge on any atom is 0.274 e. The molecule has 0 saturated carbocycles. The minimum atomic E-state index is -0.440. The highest BCUT2D eigenvalue weighted by Crippen LogP contribution is 2.25. The molecule has 0 unspecified atom stereocenters. The lowest BCUT2D eigenvalue weighted by molar-refractivity contribution is -0.385. The van der Waals surface area contributed by atoms with Crippen molar-refractivity contribution >= 4 is 38.9 Å². The smallest absolute Gasteiger partial charge is 0.274 e. The van der Waals surface area contributed by atoms with Gasteiger partial charge in [0.1, 0.15) is 0 Å². The van der Waals surface area contributed by atoms with Gasteiger partial charge in [-0.2, -0.15) is 0 Å². The van der Waals surface area contributed by atoms with Gasteiger partial charge in [0.25, 0.3) is 5.69 Å². The summed E-state index contributed by atoms with van der Waals surface area (Å²) in [6.45, 7) is 3.63. The lowest BCUT2D eigenvalue weighted by Crippen LogP contribution is -2.22. The van der Waals surface area contributed by atoms with E-state index >= 15 is 0 Å². The number of carbonyl (C=O) groups excluding carboxylic acids is 1. The molecule has 2 N–H and O–H groups in total. The molecular weight excluding hydrogens is 362 g/mol. The highest BCUT2D eigenvalue weighted by molar-refractivity contribution is 9.10. The zero-order valence-electron chi connectivity index (χ0n) is 12.7. The number of carbonyl (C=O) groups is 1. The summed E-state index contributed by atoms with van der Waals surface area (Å²) in [5.41, 5.74) is 2.86. The van der Waals surface area contributed by atoms with E-state index in [1.165, 1.54) is 6.07 Å². The highest BCUT2D eigenvalue weighted by atomic mass is 79.9. The number of hydrogen-bond acceptors (Lipinski definition) is 4. The number of nitrogens with zero attached hydrogens (tertiary/aromatic N) is 1. The van der Waals surface area contributed by atoms with Crippen molar-refractivity contribution in [2.45, 2.75) is 13.8 Å². The van der Waals surface area contributed by atoms with Crippen molar-refractivity contribution in [2.24, 2.45) is 0 Å². The molecule has 0 bridgehead atoms. The number of nitro groups is 1. The molecule has 23 heavy (non-hydrogen) atoms. The highest BCUT2D eigenvalue weighted by Gasteiger charge is 2.13. The fourth-order valence-electron chi connectivity index (χ4n) is 2.10. The molecule has 0 aliphatic carbocycles. The Bertz CT molecular complexity index is 762. The summed E-state index contributed by atoms with van der Waals surface area (Å²) in [5.74, 6) is -0.236. The van der Waals surface area contributed by atoms with Crippen LogP contribution in [0.3, 0.4) is 0 Å². The molecule has 0 spiro atoms. The van der Waals surface area contributed by atoms with E-state index < -0.39 is 4.92 Å². The van der Waals surface area contributed by atoms with Crippen molar-refractivity contribution in [3.63, 3.8) is 0 Å². The minimum absolute atomic E-state index is 0.0162. The number of nitrogens with one attached hydrogen (secondary N) is 2. The second-order valence-electron chi connectivity index (χ2n) is 5.09. The van der Waals surface area contributed by atoms with Crippen molar-refractivity contribution in [1.29, 1.82) is 0 Å². The van der Waals surface area contributed by atoms with Gasteiger partial charge in [-0.05, 0) is 53.5 Å². The van der Waals surface area contributed by atoms with Crippen LogP contribution in [0.5, 0.6) is 0 Å². The fourth-order valence-corrected chi connectivity index (χ4v) is 2.70. The van der Waals surface area contributed by atoms with Crippen LogP contribution in [0.4, 0.5) is 17.1 Å². The number of rotatable bonds is 5. The largest absolute Gasteiger partial charge is 0.376 e. The Morgan fingerprint density at radius 2 is 1.96 bits per heavy atom. The third kappa shape index (κ3) is 4.29. The molecule has 7 heteroatoms. The van der Waals surface area contributed by atoms with Crippen LogP contribution >= 0.6 is 15.9 Å². The van der Waals surface area contributed by atoms with Crippen LogP contribution in [-0.2, 0) is 4.79 Å². The van der Waals surface area contributed by atoms with Crippen molar-refractivity contribution in [1.82, 2.24) is 0 Å². The first-order chi connectivity index (χ1) is 10.9. The van der Waals surface area contributed by atoms with E-state index in [-0.39, 0.29) is 18.1 Å². The molecule has 2 aromatic rings. The zero-order valence-corrected chi connectivity index (χ0v) is 14.3. The van der Waals surface area contributed by atoms with Crippen molar-refractivity contribution in [3.8, 4) is 0 Å². The summed E-state index contributed by atoms with van der Waals surface area (Å²) in [7, 11) is 0. The number of amides is 1. The predicted molar refractivity (Wildman–Crippen MR) is 93.8 cm³/mol. The van der Waals surface area contributed by atoms with Crippen LogP contribution in [-0.4, -0.2) is 17.4 Å². The average Bonchev–Trinajstić information content (AvgIpc) is 2.49. The maximum absolute atomic E-state index is 12.0. The van der Waals surface area contributed by atoms with Gasteiger partial charge in [0, 0.05) is 21.8 Å². The molecule has 0 aromatic heterocycles. The monoisotopic (exact) mass is 377 g/mol. The van der Waals surface area contributed by atoms with Gasteiger partial charge in [-0.1, -0.05) is 12.1 Å². The summed E-state index contributed by atoms with van der Waals surface area (Å²) < 4.78 is 0.803. The molecule has 0 saturated heterocycles. The Hall–Kier alpha value is -2.41. The third-order valence-electron chi connectivity index (χ3n) is 3.34. The Balaban J connectivity index is 2.02. The molecular formula is C16H16BrN3O3. The van der Waals surface area contributed by atoms with Crippen LogP contribution in [0, 0.1) is 24.0 Å². The molecule has 2 rings (SSSR count). The standard InChI is InChI=1S/C16H16BrN3O3/c1-10-6-7-14(12(17)8-10)19-16(21)9-18-13-4-3-5-15(11(13)2)20(22)23/h3-8,18H,9H2,1-2H3,(H,19,21). The number of halogens is 1. The van der Waals surface area contributed by atoms with E-state index in [0.29, 0.717) is 16.9 Å². The topological polar surface area (TPSA) is 84.3 Å². The molecule has 0 fully saturated rings. The van der Waals surface area contributed by atoms with Crippen LogP contribution in [0.2, 0.25) is 0 Å². The number of nitro benzene ring substituents is 1. The number of hydrogen-bond donors (Lipinski definition) is 2. The second-order valence-corrected chi connectivity index (χ2v) is 5.95. The van der Waals surface area contributed by atoms with Gasteiger partial charge in [-0.25, -0.2) is 0 Å². The quantitative estimate of drug-likeness (QED) is 0.608. The summed E-state index contributed by atoms with van der Waals surface area (Å²) in [6.07, 6.45) is 0. The van der Waals surface area contributed by atoms with Gasteiger partial charge in [0.05, 0.1) is 17.2 Å². The Morgan fingerprint density at radius 3 is 2.61 bits per heavy atom. The average molecular weight is 378 g/mol. The molecule has 0 heterocycles. The van der Waals surface area contributed by atoms with Gasteiger partial charge in [0.15, 0.2) is 0 Å². The number of aryl methyl sites for hydroxylation is 1. The summed E-state index contributed by atoms with van der Waals surface area (Å²) >= 11 is 3.40. The summed E-state index contributed by atoms with van der Waals surface area (Å²) in [4.78, 5) is 22.5. The Morgan fingerprint density at radius 1 is 1.22 bits per heavy atom. The first-order valence-corrected chi connectivity index (χ1v) is 7.71. The van der Waals surface area contributed by atoms with Crippen LogP contribution in [0.1, 0.15) is 11.1 Å². The number of benzene rings is 2. The summed E-state index contributed by atoms with van der Waals surface area (Å²) in [6, 6.07) is 10.4. The molecule has 0 aliphatic rings. The van der Waals surface area contributed by atoms with Gasteiger partial charge in [-0.3, -0.25) is 14.9 Å². The van der Waals surface area contributed by atoms with Crippen molar-refractivity contribution in [2.75, 3.05) is 17.2 Å². The fraction of sp³-hybridized carbons (Fsp3) is 0.188. The van der Waals surface area contributed by atoms with Gasteiger partial charge in [0.2, 0.25) is 5.91 Å². The molecule has 120 valence electrons. The van der Waals surface area contributed by atoms with Crippen LogP contribution in [0.15, 0.2) is 40.9 Å². The second kappa shape index (κ2) is 7.23. The maximum atomic E-state index is 12.0. The summed E-state index contributed by atoms with van der Waals surface area (Å²) in [5, 5.41) is 16.6. The first kappa shape index (κ1) is 17.0. The Kier molecular flexibility index (Phi) is 5.33. The lowest BCUT2D eigenvalue weighted by Gasteiger charge is -2.11. The van der Waals surface area contributed by atoms with E-state index in [1.54, 1.807) is 19.1 Å². The SMILES string of the molecule is Cc1ccc(NC(=O)CNc2cccc([N+](=O)[O-])c2C)c(Br)c1. The normalized spacial score (nSPS) is 10.2. The molecule has 0 aliphatic heterocycles. The Labute approximate surface area is 142 Å².